The number of allylic oxidation sites excluding steroid dienone is 1. The first-order valence-corrected chi connectivity index (χ1v) is 12.7. The zero-order valence-electron chi connectivity index (χ0n) is 17.7. The first-order valence-electron chi connectivity index (χ1n) is 11.1. The average molecular weight is 454 g/mol. The summed E-state index contributed by atoms with van der Waals surface area (Å²) in [5.41, 5.74) is -1.33. The molecule has 1 heterocycles. The van der Waals surface area contributed by atoms with Gasteiger partial charge in [0.25, 0.3) is 5.91 Å². The monoisotopic (exact) mass is 453 g/mol. The third-order valence-corrected chi connectivity index (χ3v) is 8.83. The van der Waals surface area contributed by atoms with Gasteiger partial charge in [-0.1, -0.05) is 12.2 Å². The van der Waals surface area contributed by atoms with Crippen LogP contribution >= 0.6 is 0 Å². The highest BCUT2D eigenvalue weighted by Gasteiger charge is 2.62. The van der Waals surface area contributed by atoms with Crippen LogP contribution < -0.4 is 10.0 Å². The van der Waals surface area contributed by atoms with E-state index in [1.54, 1.807) is 11.9 Å². The van der Waals surface area contributed by atoms with Crippen LogP contribution in [0.5, 0.6) is 0 Å². The molecular formula is C21H31N3O6S. The maximum atomic E-state index is 13.2. The molecule has 1 unspecified atom stereocenters. The fraction of sp³-hybridized carbons (Fsp3) is 0.762. The molecule has 3 aliphatic carbocycles. The van der Waals surface area contributed by atoms with E-state index in [2.05, 4.69) is 10.0 Å². The topological polar surface area (TPSA) is 133 Å². The lowest BCUT2D eigenvalue weighted by atomic mass is 9.93. The van der Waals surface area contributed by atoms with Gasteiger partial charge < -0.3 is 15.3 Å². The largest absolute Gasteiger partial charge is 0.393 e. The normalized spacial score (nSPS) is 37.8. The fourth-order valence-electron chi connectivity index (χ4n) is 4.81. The molecule has 0 bridgehead atoms. The van der Waals surface area contributed by atoms with Crippen molar-refractivity contribution in [3.8, 4) is 0 Å². The summed E-state index contributed by atoms with van der Waals surface area (Å²) in [6.07, 6.45) is 7.27. The molecule has 0 spiro atoms. The average Bonchev–Trinajstić information content (AvgIpc) is 3.61. The molecule has 1 aliphatic heterocycles. The lowest BCUT2D eigenvalue weighted by Crippen LogP contribution is -2.54. The van der Waals surface area contributed by atoms with Crippen molar-refractivity contribution < 1.29 is 27.9 Å². The number of carbonyl (C=O) groups is 3. The predicted octanol–water partition coefficient (Wildman–Crippen LogP) is 0.0553. The van der Waals surface area contributed by atoms with Crippen LogP contribution in [0.1, 0.15) is 51.4 Å². The van der Waals surface area contributed by atoms with Gasteiger partial charge in [0, 0.05) is 19.5 Å². The van der Waals surface area contributed by atoms with Gasteiger partial charge in [-0.25, -0.2) is 8.42 Å². The molecule has 4 aliphatic rings. The minimum atomic E-state index is -3.74. The Bertz CT molecular complexity index is 899. The second-order valence-corrected chi connectivity index (χ2v) is 11.4. The molecular weight excluding hydrogens is 422 g/mol. The van der Waals surface area contributed by atoms with E-state index < -0.39 is 50.6 Å². The summed E-state index contributed by atoms with van der Waals surface area (Å²) < 4.78 is 26.8. The summed E-state index contributed by atoms with van der Waals surface area (Å²) in [6, 6.07) is 0. The van der Waals surface area contributed by atoms with Crippen molar-refractivity contribution in [3.63, 3.8) is 0 Å². The zero-order valence-corrected chi connectivity index (χ0v) is 18.6. The van der Waals surface area contributed by atoms with Crippen molar-refractivity contribution in [3.05, 3.63) is 12.2 Å². The van der Waals surface area contributed by atoms with Crippen molar-refractivity contribution in [2.45, 2.75) is 68.3 Å². The van der Waals surface area contributed by atoms with Gasteiger partial charge in [-0.3, -0.25) is 19.1 Å². The minimum Gasteiger partial charge on any atom is -0.393 e. The molecule has 172 valence electrons. The number of sulfonamides is 1. The molecule has 4 rings (SSSR count). The molecule has 0 aromatic carbocycles. The Kier molecular flexibility index (Phi) is 5.89. The zero-order chi connectivity index (χ0) is 22.4. The van der Waals surface area contributed by atoms with E-state index in [4.69, 9.17) is 0 Å². The predicted molar refractivity (Wildman–Crippen MR) is 112 cm³/mol. The maximum absolute atomic E-state index is 13.2. The van der Waals surface area contributed by atoms with Gasteiger partial charge in [0.2, 0.25) is 21.8 Å². The number of aliphatic hydroxyl groups excluding tert-OH is 1. The Hall–Kier alpha value is -1.94. The second-order valence-electron chi connectivity index (χ2n) is 9.47. The Labute approximate surface area is 182 Å². The van der Waals surface area contributed by atoms with Gasteiger partial charge >= 0.3 is 0 Å². The highest BCUT2D eigenvalue weighted by atomic mass is 32.2. The van der Waals surface area contributed by atoms with Gasteiger partial charge in [0.05, 0.1) is 23.2 Å². The summed E-state index contributed by atoms with van der Waals surface area (Å²) in [5.74, 6) is -3.06. The SMILES string of the molecule is CN1CCCC/C=C\[C@@H]2C[C@@]2(C(=O)NS(=O)(=O)C2CC2)NC(=O)[C@@H]2C[C@@H](O)CC2C1=O. The Morgan fingerprint density at radius 2 is 1.94 bits per heavy atom. The van der Waals surface area contributed by atoms with Gasteiger partial charge in [0.15, 0.2) is 0 Å². The summed E-state index contributed by atoms with van der Waals surface area (Å²) in [6.45, 7) is 0.586. The summed E-state index contributed by atoms with van der Waals surface area (Å²) >= 11 is 0. The lowest BCUT2D eigenvalue weighted by molar-refractivity contribution is -0.140. The molecule has 31 heavy (non-hydrogen) atoms. The van der Waals surface area contributed by atoms with E-state index >= 15 is 0 Å². The summed E-state index contributed by atoms with van der Waals surface area (Å²) in [5, 5.41) is 12.4. The number of nitrogens with one attached hydrogen (secondary N) is 2. The van der Waals surface area contributed by atoms with E-state index in [-0.39, 0.29) is 24.7 Å². The summed E-state index contributed by atoms with van der Waals surface area (Å²) in [7, 11) is -2.04. The van der Waals surface area contributed by atoms with Crippen molar-refractivity contribution in [1.29, 1.82) is 0 Å². The molecule has 0 radical (unpaired) electrons. The van der Waals surface area contributed by atoms with Gasteiger partial charge in [-0.15, -0.1) is 0 Å². The van der Waals surface area contributed by atoms with E-state index in [9.17, 15) is 27.9 Å². The number of fused-ring (bicyclic) bond motifs is 2. The van der Waals surface area contributed by atoms with Crippen LogP contribution in [0.2, 0.25) is 0 Å². The third-order valence-electron chi connectivity index (χ3n) is 7.01. The highest BCUT2D eigenvalue weighted by molar-refractivity contribution is 7.91. The number of hydrogen-bond donors (Lipinski definition) is 3. The van der Waals surface area contributed by atoms with Crippen molar-refractivity contribution >= 4 is 27.7 Å². The Balaban J connectivity index is 1.58. The van der Waals surface area contributed by atoms with E-state index in [0.29, 0.717) is 25.8 Å². The van der Waals surface area contributed by atoms with E-state index in [1.165, 1.54) is 0 Å². The van der Waals surface area contributed by atoms with Crippen LogP contribution in [0.4, 0.5) is 0 Å². The third kappa shape index (κ3) is 4.50. The number of amides is 3. The van der Waals surface area contributed by atoms with Crippen LogP contribution in [0.3, 0.4) is 0 Å². The number of rotatable bonds is 3. The summed E-state index contributed by atoms with van der Waals surface area (Å²) in [4.78, 5) is 40.7. The molecule has 3 fully saturated rings. The number of nitrogens with zero attached hydrogens (tertiary/aromatic N) is 1. The minimum absolute atomic E-state index is 0.147. The number of aliphatic hydroxyl groups is 1. The van der Waals surface area contributed by atoms with E-state index in [1.807, 2.05) is 12.2 Å². The maximum Gasteiger partial charge on any atom is 0.259 e. The van der Waals surface area contributed by atoms with Crippen LogP contribution in [0.15, 0.2) is 12.2 Å². The molecule has 3 N–H and O–H groups in total. The Morgan fingerprint density at radius 1 is 1.23 bits per heavy atom. The lowest BCUT2D eigenvalue weighted by Gasteiger charge is -2.26. The smallest absolute Gasteiger partial charge is 0.259 e. The van der Waals surface area contributed by atoms with Gasteiger partial charge in [-0.05, 0) is 51.4 Å². The number of carbonyl (C=O) groups excluding carboxylic acids is 3. The number of hydrogen-bond acceptors (Lipinski definition) is 6. The van der Waals surface area contributed by atoms with Crippen LogP contribution in [-0.2, 0) is 24.4 Å². The van der Waals surface area contributed by atoms with Crippen LogP contribution in [-0.4, -0.2) is 66.6 Å². The molecule has 0 aromatic rings. The molecule has 3 amide bonds. The second kappa shape index (κ2) is 8.20. The van der Waals surface area contributed by atoms with E-state index in [0.717, 1.165) is 19.3 Å². The molecule has 0 aromatic heterocycles. The van der Waals surface area contributed by atoms with Crippen LogP contribution in [0.25, 0.3) is 0 Å². The van der Waals surface area contributed by atoms with Crippen molar-refractivity contribution in [1.82, 2.24) is 14.9 Å². The van der Waals surface area contributed by atoms with Crippen molar-refractivity contribution in [2.75, 3.05) is 13.6 Å². The quantitative estimate of drug-likeness (QED) is 0.518. The first kappa shape index (κ1) is 22.3. The fourth-order valence-corrected chi connectivity index (χ4v) is 6.18. The molecule has 0 saturated heterocycles. The molecule has 5 atom stereocenters. The van der Waals surface area contributed by atoms with Crippen molar-refractivity contribution in [2.24, 2.45) is 17.8 Å². The van der Waals surface area contributed by atoms with Gasteiger partial charge in [-0.2, -0.15) is 0 Å². The Morgan fingerprint density at radius 3 is 2.65 bits per heavy atom. The van der Waals surface area contributed by atoms with Crippen LogP contribution in [0, 0.1) is 17.8 Å². The molecule has 10 heteroatoms. The van der Waals surface area contributed by atoms with Gasteiger partial charge in [0.1, 0.15) is 5.54 Å². The first-order chi connectivity index (χ1) is 14.6. The standard InChI is InChI=1S/C21H31N3O6S/c1-24-9-5-3-2-4-6-13-12-21(13,20(28)23-31(29,30)15-7-8-15)22-18(26)16-10-14(25)11-17(16)19(24)27/h4,6,13-17,25H,2-3,5,7-12H2,1H3,(H,22,26)(H,23,28)/b6-4-/t13-,14-,16-,17?,21-/m1/s1. The molecule has 9 nitrogen and oxygen atoms in total. The molecule has 3 saturated carbocycles. The highest BCUT2D eigenvalue weighted by Crippen LogP contribution is 2.46.